The molecule has 0 aliphatic rings. The summed E-state index contributed by atoms with van der Waals surface area (Å²) in [6, 6.07) is 3.23. The molecule has 11 heavy (non-hydrogen) atoms. The number of nitrogens with zero attached hydrogens (tertiary/aromatic N) is 1. The number of aromatic hydroxyl groups is 1. The summed E-state index contributed by atoms with van der Waals surface area (Å²) in [6.07, 6.45) is 1.18. The van der Waals surface area contributed by atoms with Crippen molar-refractivity contribution in [3.8, 4) is 5.75 Å². The Balaban J connectivity index is 3.22. The van der Waals surface area contributed by atoms with Crippen LogP contribution in [-0.4, -0.2) is 11.2 Å². The van der Waals surface area contributed by atoms with E-state index >= 15 is 0 Å². The lowest BCUT2D eigenvalue weighted by molar-refractivity contribution is 0.473. The van der Waals surface area contributed by atoms with Gasteiger partial charge in [-0.3, -0.25) is 0 Å². The van der Waals surface area contributed by atoms with Crippen molar-refractivity contribution in [1.82, 2.24) is 0 Å². The molecule has 1 aromatic carbocycles. The maximum atomic E-state index is 12.6. The number of halogens is 1. The van der Waals surface area contributed by atoms with Crippen molar-refractivity contribution in [2.75, 3.05) is 0 Å². The molecule has 0 fully saturated rings. The summed E-state index contributed by atoms with van der Waals surface area (Å²) in [5.41, 5.74) is -0.208. The van der Waals surface area contributed by atoms with E-state index < -0.39 is 5.82 Å². The van der Waals surface area contributed by atoms with E-state index in [1.165, 1.54) is 12.1 Å². The average Bonchev–Trinajstić information content (AvgIpc) is 1.98. The summed E-state index contributed by atoms with van der Waals surface area (Å²) < 4.78 is 12.6. The lowest BCUT2D eigenvalue weighted by Gasteiger charge is -1.93. The molecule has 0 radical (unpaired) electrons. The zero-order valence-corrected chi connectivity index (χ0v) is 5.41. The number of isocyanates is 1. The highest BCUT2D eigenvalue weighted by atomic mass is 19.1. The molecule has 3 nitrogen and oxygen atoms in total. The van der Waals surface area contributed by atoms with Gasteiger partial charge in [0, 0.05) is 6.07 Å². The van der Waals surface area contributed by atoms with Gasteiger partial charge in [-0.1, -0.05) is 0 Å². The van der Waals surface area contributed by atoms with Crippen molar-refractivity contribution < 1.29 is 14.3 Å². The van der Waals surface area contributed by atoms with E-state index in [1.807, 2.05) is 0 Å². The molecule has 0 aliphatic heterocycles. The van der Waals surface area contributed by atoms with Crippen molar-refractivity contribution >= 4 is 11.8 Å². The van der Waals surface area contributed by atoms with Crippen LogP contribution in [0.5, 0.6) is 5.75 Å². The van der Waals surface area contributed by atoms with Gasteiger partial charge in [-0.15, -0.1) is 0 Å². The molecule has 0 bridgehead atoms. The summed E-state index contributed by atoms with van der Waals surface area (Å²) in [5, 5.41) is 8.81. The molecule has 0 heterocycles. The van der Waals surface area contributed by atoms with Crippen LogP contribution in [0.1, 0.15) is 0 Å². The fourth-order valence-corrected chi connectivity index (χ4v) is 0.636. The predicted molar refractivity (Wildman–Crippen MR) is 35.8 cm³/mol. The molecule has 1 N–H and O–H groups in total. The Morgan fingerprint density at radius 2 is 2.27 bits per heavy atom. The molecule has 0 aliphatic carbocycles. The Morgan fingerprint density at radius 1 is 1.55 bits per heavy atom. The summed E-state index contributed by atoms with van der Waals surface area (Å²) in [7, 11) is 0. The number of rotatable bonds is 1. The molecule has 4 heteroatoms. The van der Waals surface area contributed by atoms with E-state index in [1.54, 1.807) is 0 Å². The predicted octanol–water partition coefficient (Wildman–Crippen LogP) is 1.50. The van der Waals surface area contributed by atoms with Gasteiger partial charge in [0.25, 0.3) is 0 Å². The number of phenols is 1. The molecular weight excluding hydrogens is 149 g/mol. The molecule has 0 spiro atoms. The molecule has 0 amide bonds. The number of aliphatic imine (C=N–C) groups is 1. The normalized spacial score (nSPS) is 8.82. The van der Waals surface area contributed by atoms with Gasteiger partial charge in [0.1, 0.15) is 17.3 Å². The first-order valence-corrected chi connectivity index (χ1v) is 2.80. The van der Waals surface area contributed by atoms with Crippen LogP contribution in [0.2, 0.25) is 0 Å². The minimum atomic E-state index is -0.661. The van der Waals surface area contributed by atoms with Crippen molar-refractivity contribution in [2.24, 2.45) is 4.99 Å². The monoisotopic (exact) mass is 153 g/mol. The highest BCUT2D eigenvalue weighted by Crippen LogP contribution is 2.21. The van der Waals surface area contributed by atoms with Crippen molar-refractivity contribution in [3.63, 3.8) is 0 Å². The SMILES string of the molecule is O=C=Nc1cc(O)ccc1F. The number of hydrogen-bond acceptors (Lipinski definition) is 3. The third-order valence-electron chi connectivity index (χ3n) is 1.10. The van der Waals surface area contributed by atoms with Crippen LogP contribution in [0, 0.1) is 5.82 Å². The highest BCUT2D eigenvalue weighted by molar-refractivity contribution is 5.51. The highest BCUT2D eigenvalue weighted by Gasteiger charge is 1.99. The van der Waals surface area contributed by atoms with Crippen LogP contribution in [0.3, 0.4) is 0 Å². The Labute approximate surface area is 61.8 Å². The molecule has 0 unspecified atom stereocenters. The molecule has 56 valence electrons. The van der Waals surface area contributed by atoms with Gasteiger partial charge in [-0.25, -0.2) is 9.18 Å². The minimum Gasteiger partial charge on any atom is -0.508 e. The maximum absolute atomic E-state index is 12.6. The fraction of sp³-hybridized carbons (Fsp3) is 0. The van der Waals surface area contributed by atoms with Crippen molar-refractivity contribution in [3.05, 3.63) is 24.0 Å². The number of phenolic OH excluding ortho intramolecular Hbond substituents is 1. The average molecular weight is 153 g/mol. The summed E-state index contributed by atoms with van der Waals surface area (Å²) in [5.74, 6) is -0.799. The second-order valence-corrected chi connectivity index (χ2v) is 1.84. The van der Waals surface area contributed by atoms with E-state index in [2.05, 4.69) is 4.99 Å². The fourth-order valence-electron chi connectivity index (χ4n) is 0.636. The van der Waals surface area contributed by atoms with Crippen LogP contribution >= 0.6 is 0 Å². The summed E-state index contributed by atoms with van der Waals surface area (Å²) in [6.45, 7) is 0. The second kappa shape index (κ2) is 2.94. The van der Waals surface area contributed by atoms with Gasteiger partial charge < -0.3 is 5.11 Å². The lowest BCUT2D eigenvalue weighted by Crippen LogP contribution is -1.73. The summed E-state index contributed by atoms with van der Waals surface area (Å²) in [4.78, 5) is 12.7. The Bertz CT molecular complexity index is 318. The van der Waals surface area contributed by atoms with E-state index in [4.69, 9.17) is 5.11 Å². The molecule has 1 rings (SSSR count). The molecule has 0 saturated carbocycles. The first-order valence-electron chi connectivity index (χ1n) is 2.80. The summed E-state index contributed by atoms with van der Waals surface area (Å²) >= 11 is 0. The quantitative estimate of drug-likeness (QED) is 0.491. The number of benzene rings is 1. The maximum Gasteiger partial charge on any atom is 0.240 e. The van der Waals surface area contributed by atoms with Crippen LogP contribution < -0.4 is 0 Å². The number of hydrogen-bond donors (Lipinski definition) is 1. The Kier molecular flexibility index (Phi) is 1.99. The van der Waals surface area contributed by atoms with Crippen LogP contribution in [0.15, 0.2) is 23.2 Å². The van der Waals surface area contributed by atoms with Gasteiger partial charge in [0.15, 0.2) is 0 Å². The van der Waals surface area contributed by atoms with E-state index in [0.717, 1.165) is 12.1 Å². The molecule has 0 aromatic heterocycles. The van der Waals surface area contributed by atoms with Gasteiger partial charge in [-0.2, -0.15) is 4.99 Å². The van der Waals surface area contributed by atoms with Crippen molar-refractivity contribution in [2.45, 2.75) is 0 Å². The van der Waals surface area contributed by atoms with Gasteiger partial charge in [-0.05, 0) is 12.1 Å². The smallest absolute Gasteiger partial charge is 0.240 e. The third-order valence-corrected chi connectivity index (χ3v) is 1.10. The Hall–Kier alpha value is -1.67. The Morgan fingerprint density at radius 3 is 2.91 bits per heavy atom. The lowest BCUT2D eigenvalue weighted by atomic mass is 10.3. The minimum absolute atomic E-state index is 0.139. The molecule has 0 atom stereocenters. The molecule has 1 aromatic rings. The van der Waals surface area contributed by atoms with E-state index in [-0.39, 0.29) is 11.4 Å². The standard InChI is InChI=1S/C7H4FNO2/c8-6-2-1-5(11)3-7(6)9-4-10/h1-3,11H. The third kappa shape index (κ3) is 1.63. The van der Waals surface area contributed by atoms with E-state index in [0.29, 0.717) is 0 Å². The first kappa shape index (κ1) is 7.44. The van der Waals surface area contributed by atoms with E-state index in [9.17, 15) is 9.18 Å². The van der Waals surface area contributed by atoms with Crippen LogP contribution in [0.25, 0.3) is 0 Å². The largest absolute Gasteiger partial charge is 0.508 e. The van der Waals surface area contributed by atoms with Gasteiger partial charge >= 0.3 is 0 Å². The topological polar surface area (TPSA) is 49.7 Å². The molecular formula is C7H4FNO2. The zero-order valence-electron chi connectivity index (χ0n) is 5.41. The second-order valence-electron chi connectivity index (χ2n) is 1.84. The van der Waals surface area contributed by atoms with Crippen molar-refractivity contribution in [1.29, 1.82) is 0 Å². The first-order chi connectivity index (χ1) is 5.24. The zero-order chi connectivity index (χ0) is 8.27. The number of carbonyl (C=O) groups excluding carboxylic acids is 1. The van der Waals surface area contributed by atoms with Gasteiger partial charge in [0.2, 0.25) is 6.08 Å². The molecule has 0 saturated heterocycles. The van der Waals surface area contributed by atoms with Gasteiger partial charge in [0.05, 0.1) is 0 Å². The van der Waals surface area contributed by atoms with Crippen LogP contribution in [0.4, 0.5) is 10.1 Å². The van der Waals surface area contributed by atoms with Crippen LogP contribution in [-0.2, 0) is 4.79 Å².